The minimum Gasteiger partial charge on any atom is -0.378 e. The van der Waals surface area contributed by atoms with E-state index >= 15 is 0 Å². The minimum absolute atomic E-state index is 0.141. The predicted octanol–water partition coefficient (Wildman–Crippen LogP) is 4.88. The van der Waals surface area contributed by atoms with Crippen LogP contribution in [0.5, 0.6) is 0 Å². The van der Waals surface area contributed by atoms with E-state index in [1.54, 1.807) is 16.9 Å². The number of aryl methyl sites for hydroxylation is 1. The van der Waals surface area contributed by atoms with Gasteiger partial charge in [-0.1, -0.05) is 36.4 Å². The topological polar surface area (TPSA) is 115 Å². The summed E-state index contributed by atoms with van der Waals surface area (Å²) in [6.07, 6.45) is 0. The van der Waals surface area contributed by atoms with Crippen molar-refractivity contribution in [1.82, 2.24) is 15.0 Å². The fourth-order valence-electron chi connectivity index (χ4n) is 4.78. The molecule has 6 rings (SSSR count). The zero-order valence-electron chi connectivity index (χ0n) is 20.6. The van der Waals surface area contributed by atoms with Gasteiger partial charge in [0, 0.05) is 36.3 Å². The number of fused-ring (bicyclic) bond motifs is 2. The van der Waals surface area contributed by atoms with Crippen LogP contribution in [0.4, 0.5) is 17.1 Å². The highest BCUT2D eigenvalue weighted by molar-refractivity contribution is 6.09. The van der Waals surface area contributed by atoms with Crippen molar-refractivity contribution < 1.29 is 14.5 Å². The zero-order valence-corrected chi connectivity index (χ0v) is 20.6. The Morgan fingerprint density at radius 3 is 2.47 bits per heavy atom. The van der Waals surface area contributed by atoms with E-state index in [-0.39, 0.29) is 11.3 Å². The van der Waals surface area contributed by atoms with Crippen molar-refractivity contribution in [2.24, 2.45) is 0 Å². The van der Waals surface area contributed by atoms with Gasteiger partial charge in [0.25, 0.3) is 11.6 Å². The highest BCUT2D eigenvalue weighted by Crippen LogP contribution is 2.29. The fourth-order valence-corrected chi connectivity index (χ4v) is 4.78. The molecule has 0 unspecified atom stereocenters. The molecule has 5 aromatic rings. The third-order valence-corrected chi connectivity index (χ3v) is 6.74. The summed E-state index contributed by atoms with van der Waals surface area (Å²) in [5.74, 6) is -0.431. The summed E-state index contributed by atoms with van der Waals surface area (Å²) in [5.41, 5.74) is 4.26. The molecule has 1 amide bonds. The van der Waals surface area contributed by atoms with Crippen LogP contribution in [-0.2, 0) is 4.74 Å². The summed E-state index contributed by atoms with van der Waals surface area (Å²) in [6, 6.07) is 22.0. The van der Waals surface area contributed by atoms with Crippen molar-refractivity contribution in [3.8, 4) is 5.69 Å². The van der Waals surface area contributed by atoms with Crippen LogP contribution in [-0.4, -0.2) is 52.1 Å². The number of anilines is 2. The van der Waals surface area contributed by atoms with Crippen molar-refractivity contribution >= 4 is 44.8 Å². The van der Waals surface area contributed by atoms with Crippen molar-refractivity contribution in [3.63, 3.8) is 0 Å². The number of nitrogens with zero attached hydrogens (tertiary/aromatic N) is 5. The molecular formula is C28H24N6O4. The Balaban J connectivity index is 1.36. The zero-order chi connectivity index (χ0) is 26.2. The van der Waals surface area contributed by atoms with Gasteiger partial charge >= 0.3 is 0 Å². The Bertz CT molecular complexity index is 1700. The lowest BCUT2D eigenvalue weighted by Gasteiger charge is -2.30. The van der Waals surface area contributed by atoms with E-state index in [0.29, 0.717) is 48.7 Å². The second-order valence-corrected chi connectivity index (χ2v) is 9.16. The smallest absolute Gasteiger partial charge is 0.270 e. The average Bonchev–Trinajstić information content (AvgIpc) is 3.35. The van der Waals surface area contributed by atoms with E-state index in [0.717, 1.165) is 22.0 Å². The number of nitro benzene ring substituents is 1. The van der Waals surface area contributed by atoms with Crippen LogP contribution in [0.25, 0.3) is 27.5 Å². The number of aromatic nitrogens is 3. The molecule has 0 radical (unpaired) electrons. The molecule has 0 spiro atoms. The highest BCUT2D eigenvalue weighted by atomic mass is 16.6. The van der Waals surface area contributed by atoms with Crippen LogP contribution < -0.4 is 10.2 Å². The van der Waals surface area contributed by atoms with Gasteiger partial charge in [-0.2, -0.15) is 0 Å². The Morgan fingerprint density at radius 2 is 1.68 bits per heavy atom. The summed E-state index contributed by atoms with van der Waals surface area (Å²) < 4.78 is 5.43. The molecule has 1 fully saturated rings. The molecule has 10 heteroatoms. The largest absolute Gasteiger partial charge is 0.378 e. The number of hydrogen-bond donors (Lipinski definition) is 1. The quantitative estimate of drug-likeness (QED) is 0.266. The van der Waals surface area contributed by atoms with Gasteiger partial charge in [-0.25, -0.2) is 0 Å². The van der Waals surface area contributed by atoms with Crippen LogP contribution in [0.3, 0.4) is 0 Å². The van der Waals surface area contributed by atoms with Gasteiger partial charge < -0.3 is 15.0 Å². The maximum atomic E-state index is 13.5. The number of ether oxygens (including phenoxy) is 1. The number of carbonyl (C=O) groups excluding carboxylic acids is 1. The summed E-state index contributed by atoms with van der Waals surface area (Å²) in [7, 11) is 0. The fraction of sp³-hybridized carbons (Fsp3) is 0.179. The van der Waals surface area contributed by atoms with Gasteiger partial charge in [-0.15, -0.1) is 15.0 Å². The molecule has 1 aliphatic heterocycles. The van der Waals surface area contributed by atoms with Gasteiger partial charge in [0.2, 0.25) is 0 Å². The molecule has 1 saturated heterocycles. The molecule has 38 heavy (non-hydrogen) atoms. The lowest BCUT2D eigenvalue weighted by molar-refractivity contribution is -0.384. The van der Waals surface area contributed by atoms with Gasteiger partial charge in [-0.3, -0.25) is 14.9 Å². The number of benzene rings is 4. The molecule has 0 bridgehead atoms. The first kappa shape index (κ1) is 23.6. The molecule has 1 aromatic heterocycles. The SMILES string of the molecule is Cc1cc2nn(-c3cccc4ccccc34)nc2cc1NC(=O)c1cc([N+](=O)[O-])ccc1N1CCOCC1. The van der Waals surface area contributed by atoms with Crippen LogP contribution >= 0.6 is 0 Å². The maximum Gasteiger partial charge on any atom is 0.270 e. The monoisotopic (exact) mass is 508 g/mol. The van der Waals surface area contributed by atoms with E-state index in [9.17, 15) is 14.9 Å². The lowest BCUT2D eigenvalue weighted by atomic mass is 10.1. The number of amides is 1. The lowest BCUT2D eigenvalue weighted by Crippen LogP contribution is -2.37. The Kier molecular flexibility index (Phi) is 5.93. The highest BCUT2D eigenvalue weighted by Gasteiger charge is 2.23. The van der Waals surface area contributed by atoms with Crippen LogP contribution in [0.1, 0.15) is 15.9 Å². The number of hydrogen-bond acceptors (Lipinski definition) is 7. The van der Waals surface area contributed by atoms with E-state index in [2.05, 4.69) is 15.5 Å². The number of carbonyl (C=O) groups is 1. The van der Waals surface area contributed by atoms with E-state index in [1.807, 2.05) is 60.4 Å². The molecule has 0 saturated carbocycles. The molecule has 190 valence electrons. The molecule has 10 nitrogen and oxygen atoms in total. The van der Waals surface area contributed by atoms with Crippen molar-refractivity contribution in [2.75, 3.05) is 36.5 Å². The third-order valence-electron chi connectivity index (χ3n) is 6.74. The summed E-state index contributed by atoms with van der Waals surface area (Å²) in [5, 5.41) is 25.9. The molecule has 1 aliphatic rings. The van der Waals surface area contributed by atoms with Gasteiger partial charge in [0.05, 0.1) is 35.1 Å². The number of nitro groups is 1. The molecule has 1 N–H and O–H groups in total. The summed E-state index contributed by atoms with van der Waals surface area (Å²) in [4.78, 5) is 28.0. The predicted molar refractivity (Wildman–Crippen MR) is 145 cm³/mol. The van der Waals surface area contributed by atoms with Crippen LogP contribution in [0.2, 0.25) is 0 Å². The number of morpholine rings is 1. The van der Waals surface area contributed by atoms with Crippen molar-refractivity contribution in [3.05, 3.63) is 94.0 Å². The van der Waals surface area contributed by atoms with Crippen molar-refractivity contribution in [1.29, 1.82) is 0 Å². The van der Waals surface area contributed by atoms with Crippen molar-refractivity contribution in [2.45, 2.75) is 6.92 Å². The Morgan fingerprint density at radius 1 is 0.947 bits per heavy atom. The second kappa shape index (κ2) is 9.56. The first-order chi connectivity index (χ1) is 18.5. The van der Waals surface area contributed by atoms with Crippen LogP contribution in [0.15, 0.2) is 72.8 Å². The Hall–Kier alpha value is -4.83. The van der Waals surface area contributed by atoms with Gasteiger partial charge in [0.15, 0.2) is 0 Å². The molecule has 2 heterocycles. The number of non-ortho nitro benzene ring substituents is 1. The normalized spacial score (nSPS) is 13.7. The minimum atomic E-state index is -0.497. The molecule has 0 atom stereocenters. The molecule has 0 aliphatic carbocycles. The third kappa shape index (κ3) is 4.31. The van der Waals surface area contributed by atoms with E-state index in [1.165, 1.54) is 12.1 Å². The van der Waals surface area contributed by atoms with Crippen LogP contribution in [0, 0.1) is 17.0 Å². The molecule has 4 aromatic carbocycles. The summed E-state index contributed by atoms with van der Waals surface area (Å²) in [6.45, 7) is 4.13. The number of nitrogens with one attached hydrogen (secondary N) is 1. The second-order valence-electron chi connectivity index (χ2n) is 9.16. The van der Waals surface area contributed by atoms with Gasteiger partial charge in [0.1, 0.15) is 11.0 Å². The first-order valence-electron chi connectivity index (χ1n) is 12.3. The van der Waals surface area contributed by atoms with E-state index in [4.69, 9.17) is 4.74 Å². The number of rotatable bonds is 5. The summed E-state index contributed by atoms with van der Waals surface area (Å²) >= 11 is 0. The average molecular weight is 509 g/mol. The Labute approximate surface area is 217 Å². The molecular weight excluding hydrogens is 484 g/mol. The van der Waals surface area contributed by atoms with E-state index < -0.39 is 10.8 Å². The first-order valence-corrected chi connectivity index (χ1v) is 12.3. The van der Waals surface area contributed by atoms with Gasteiger partial charge in [-0.05, 0) is 42.1 Å². The standard InChI is InChI=1S/C28H24N6O4/c1-18-15-24-25(31-33(30-24)27-8-4-6-19-5-2-3-7-21(19)27)17-23(18)29-28(35)22-16-20(34(36)37)9-10-26(22)32-11-13-38-14-12-32/h2-10,15-17H,11-14H2,1H3,(H,29,35). The maximum absolute atomic E-state index is 13.5.